The fourth-order valence-corrected chi connectivity index (χ4v) is 2.23. The van der Waals surface area contributed by atoms with Gasteiger partial charge in [-0.3, -0.25) is 10.1 Å². The van der Waals surface area contributed by atoms with Crippen molar-refractivity contribution in [3.8, 4) is 0 Å². The van der Waals surface area contributed by atoms with E-state index in [1.807, 2.05) is 0 Å². The van der Waals surface area contributed by atoms with Crippen LogP contribution in [0.1, 0.15) is 16.7 Å². The molecule has 0 spiro atoms. The summed E-state index contributed by atoms with van der Waals surface area (Å²) in [7, 11) is 0. The third-order valence-electron chi connectivity index (χ3n) is 3.43. The van der Waals surface area contributed by atoms with Crippen molar-refractivity contribution in [3.63, 3.8) is 0 Å². The predicted molar refractivity (Wildman–Crippen MR) is 84.8 cm³/mol. The Balaban J connectivity index is 1.98. The van der Waals surface area contributed by atoms with Gasteiger partial charge in [-0.2, -0.15) is 0 Å². The number of rotatable bonds is 3. The number of nitro benzene ring substituents is 1. The molecule has 0 aromatic heterocycles. The van der Waals surface area contributed by atoms with Crippen LogP contribution in [0.15, 0.2) is 53.2 Å². The first-order chi connectivity index (χ1) is 11.4. The van der Waals surface area contributed by atoms with Gasteiger partial charge in [0.25, 0.3) is 5.69 Å². The lowest BCUT2D eigenvalue weighted by Gasteiger charge is -2.01. The van der Waals surface area contributed by atoms with Crippen LogP contribution in [0.4, 0.5) is 10.1 Å². The van der Waals surface area contributed by atoms with Crippen LogP contribution in [0.25, 0.3) is 6.08 Å². The third kappa shape index (κ3) is 3.05. The second kappa shape index (κ2) is 6.04. The monoisotopic (exact) mass is 326 g/mol. The zero-order chi connectivity index (χ0) is 17.3. The number of carbonyl (C=O) groups excluding carboxylic acids is 1. The van der Waals surface area contributed by atoms with Crippen molar-refractivity contribution in [2.45, 2.75) is 6.92 Å². The molecule has 0 radical (unpaired) electrons. The number of cyclic esters (lactones) is 1. The Morgan fingerprint density at radius 2 is 2.04 bits per heavy atom. The smallest absolute Gasteiger partial charge is 0.363 e. The highest BCUT2D eigenvalue weighted by Gasteiger charge is 2.25. The molecule has 1 aliphatic heterocycles. The molecule has 0 atom stereocenters. The van der Waals surface area contributed by atoms with E-state index >= 15 is 0 Å². The molecule has 0 saturated carbocycles. The summed E-state index contributed by atoms with van der Waals surface area (Å²) in [6.45, 7) is 1.61. The summed E-state index contributed by atoms with van der Waals surface area (Å²) in [5.41, 5.74) is 1.18. The molecule has 1 aliphatic rings. The van der Waals surface area contributed by atoms with Crippen molar-refractivity contribution in [2.24, 2.45) is 4.99 Å². The van der Waals surface area contributed by atoms with Crippen LogP contribution in [-0.4, -0.2) is 16.8 Å². The molecule has 0 saturated heterocycles. The van der Waals surface area contributed by atoms with Gasteiger partial charge < -0.3 is 4.74 Å². The van der Waals surface area contributed by atoms with E-state index < -0.39 is 16.7 Å². The minimum absolute atomic E-state index is 0.00109. The summed E-state index contributed by atoms with van der Waals surface area (Å²) in [5, 5.41) is 11.0. The number of ether oxygens (including phenoxy) is 1. The summed E-state index contributed by atoms with van der Waals surface area (Å²) < 4.78 is 18.3. The van der Waals surface area contributed by atoms with Crippen LogP contribution in [0.5, 0.6) is 0 Å². The number of hydrogen-bond donors (Lipinski definition) is 0. The molecule has 120 valence electrons. The number of aryl methyl sites for hydroxylation is 1. The topological polar surface area (TPSA) is 81.8 Å². The van der Waals surface area contributed by atoms with Gasteiger partial charge in [0.15, 0.2) is 5.70 Å². The van der Waals surface area contributed by atoms with E-state index in [4.69, 9.17) is 4.74 Å². The Bertz CT molecular complexity index is 919. The maximum atomic E-state index is 13.2. The van der Waals surface area contributed by atoms with E-state index in [2.05, 4.69) is 4.99 Å². The summed E-state index contributed by atoms with van der Waals surface area (Å²) in [4.78, 5) is 26.4. The van der Waals surface area contributed by atoms with Crippen LogP contribution in [-0.2, 0) is 9.53 Å². The molecule has 2 aromatic rings. The molecule has 0 N–H and O–H groups in total. The molecular formula is C17H11FN2O4. The van der Waals surface area contributed by atoms with Gasteiger partial charge in [0, 0.05) is 17.2 Å². The maximum absolute atomic E-state index is 13.2. The largest absolute Gasteiger partial charge is 0.402 e. The Hall–Kier alpha value is -3.35. The SMILES string of the molecule is Cc1ccc(C2=NC(=Cc3cccc(F)c3)C(=O)O2)cc1[N+](=O)[O-]. The Morgan fingerprint density at radius 1 is 1.25 bits per heavy atom. The normalized spacial score (nSPS) is 15.3. The van der Waals surface area contributed by atoms with Crippen molar-refractivity contribution >= 4 is 23.6 Å². The predicted octanol–water partition coefficient (Wildman–Crippen LogP) is 3.39. The van der Waals surface area contributed by atoms with Crippen molar-refractivity contribution < 1.29 is 18.8 Å². The van der Waals surface area contributed by atoms with Crippen molar-refractivity contribution in [2.75, 3.05) is 0 Å². The van der Waals surface area contributed by atoms with E-state index in [-0.39, 0.29) is 17.3 Å². The van der Waals surface area contributed by atoms with Gasteiger partial charge in [-0.15, -0.1) is 0 Å². The number of halogens is 1. The highest BCUT2D eigenvalue weighted by Crippen LogP contribution is 2.24. The van der Waals surface area contributed by atoms with E-state index in [9.17, 15) is 19.3 Å². The van der Waals surface area contributed by atoms with Crippen LogP contribution >= 0.6 is 0 Å². The first-order valence-electron chi connectivity index (χ1n) is 6.97. The molecule has 0 amide bonds. The number of aliphatic imine (C=N–C) groups is 1. The average molecular weight is 326 g/mol. The Labute approximate surface area is 136 Å². The van der Waals surface area contributed by atoms with Gasteiger partial charge >= 0.3 is 5.97 Å². The van der Waals surface area contributed by atoms with E-state index in [0.717, 1.165) is 0 Å². The fraction of sp³-hybridized carbons (Fsp3) is 0.0588. The number of nitrogens with zero attached hydrogens (tertiary/aromatic N) is 2. The molecule has 2 aromatic carbocycles. The van der Waals surface area contributed by atoms with Crippen LogP contribution in [0.2, 0.25) is 0 Å². The molecule has 3 rings (SSSR count). The summed E-state index contributed by atoms with van der Waals surface area (Å²) >= 11 is 0. The minimum Gasteiger partial charge on any atom is -0.402 e. The van der Waals surface area contributed by atoms with Crippen LogP contribution in [0, 0.1) is 22.9 Å². The molecule has 1 heterocycles. The molecule has 0 aliphatic carbocycles. The second-order valence-corrected chi connectivity index (χ2v) is 5.15. The molecule has 0 fully saturated rings. The Kier molecular flexibility index (Phi) is 3.91. The van der Waals surface area contributed by atoms with Crippen molar-refractivity contribution in [1.82, 2.24) is 0 Å². The van der Waals surface area contributed by atoms with Gasteiger partial charge in [0.1, 0.15) is 5.82 Å². The maximum Gasteiger partial charge on any atom is 0.363 e. The zero-order valence-corrected chi connectivity index (χ0v) is 12.5. The number of nitro groups is 1. The van der Waals surface area contributed by atoms with Crippen molar-refractivity contribution in [3.05, 3.63) is 80.8 Å². The van der Waals surface area contributed by atoms with Gasteiger partial charge in [0.05, 0.1) is 4.92 Å². The fourth-order valence-electron chi connectivity index (χ4n) is 2.23. The molecule has 24 heavy (non-hydrogen) atoms. The van der Waals surface area contributed by atoms with E-state index in [0.29, 0.717) is 16.7 Å². The quantitative estimate of drug-likeness (QED) is 0.375. The molecule has 6 nitrogen and oxygen atoms in total. The number of esters is 1. The summed E-state index contributed by atoms with van der Waals surface area (Å²) in [6, 6.07) is 10.1. The number of carbonyl (C=O) groups is 1. The molecule has 7 heteroatoms. The minimum atomic E-state index is -0.697. The van der Waals surface area contributed by atoms with E-state index in [1.54, 1.807) is 25.1 Å². The zero-order valence-electron chi connectivity index (χ0n) is 12.5. The van der Waals surface area contributed by atoms with E-state index in [1.165, 1.54) is 30.3 Å². The molecule has 0 unspecified atom stereocenters. The van der Waals surface area contributed by atoms with Crippen molar-refractivity contribution in [1.29, 1.82) is 0 Å². The summed E-state index contributed by atoms with van der Waals surface area (Å²) in [5.74, 6) is -1.16. The third-order valence-corrected chi connectivity index (χ3v) is 3.43. The van der Waals surface area contributed by atoms with Gasteiger partial charge in [-0.05, 0) is 36.8 Å². The lowest BCUT2D eigenvalue weighted by atomic mass is 10.1. The first kappa shape index (κ1) is 15.5. The average Bonchev–Trinajstić information content (AvgIpc) is 2.88. The van der Waals surface area contributed by atoms with Crippen LogP contribution in [0.3, 0.4) is 0 Å². The lowest BCUT2D eigenvalue weighted by molar-refractivity contribution is -0.385. The first-order valence-corrected chi connectivity index (χ1v) is 6.97. The van der Waals surface area contributed by atoms with Gasteiger partial charge in [-0.1, -0.05) is 18.2 Å². The van der Waals surface area contributed by atoms with Gasteiger partial charge in [-0.25, -0.2) is 14.2 Å². The Morgan fingerprint density at radius 3 is 2.75 bits per heavy atom. The molecular weight excluding hydrogens is 315 g/mol. The molecule has 0 bridgehead atoms. The van der Waals surface area contributed by atoms with Gasteiger partial charge in [0.2, 0.25) is 5.90 Å². The highest BCUT2D eigenvalue weighted by molar-refractivity contribution is 6.13. The number of benzene rings is 2. The van der Waals surface area contributed by atoms with Crippen LogP contribution < -0.4 is 0 Å². The standard InChI is InChI=1S/C17H11FN2O4/c1-10-5-6-12(9-15(10)20(22)23)16-19-14(17(21)24-16)8-11-3-2-4-13(18)7-11/h2-9H,1H3. The summed E-state index contributed by atoms with van der Waals surface area (Å²) in [6.07, 6.45) is 1.39. The lowest BCUT2D eigenvalue weighted by Crippen LogP contribution is -2.06. The number of hydrogen-bond acceptors (Lipinski definition) is 5. The highest BCUT2D eigenvalue weighted by atomic mass is 19.1. The second-order valence-electron chi connectivity index (χ2n) is 5.15.